The Morgan fingerprint density at radius 2 is 1.15 bits per heavy atom. The molecule has 0 N–H and O–H groups in total. The average Bonchev–Trinajstić information content (AvgIpc) is 3.12. The molecule has 53 heavy (non-hydrogen) atoms. The summed E-state index contributed by atoms with van der Waals surface area (Å²) in [4.78, 5) is 41.4. The van der Waals surface area contributed by atoms with Crippen LogP contribution in [0.1, 0.15) is 80.4 Å². The number of aromatic nitrogens is 6. The van der Waals surface area contributed by atoms with Crippen LogP contribution < -0.4 is 9.80 Å². The van der Waals surface area contributed by atoms with E-state index in [0.717, 1.165) is 23.0 Å². The lowest BCUT2D eigenvalue weighted by atomic mass is 10.1. The van der Waals surface area contributed by atoms with Crippen molar-refractivity contribution < 1.29 is 18.4 Å². The summed E-state index contributed by atoms with van der Waals surface area (Å²) in [5, 5.41) is 16.6. The minimum Gasteiger partial charge on any atom is -0.352 e. The van der Waals surface area contributed by atoms with Gasteiger partial charge < -0.3 is 19.6 Å². The van der Waals surface area contributed by atoms with E-state index in [1.165, 1.54) is 12.1 Å². The van der Waals surface area contributed by atoms with Crippen LogP contribution in [0.2, 0.25) is 0 Å². The predicted molar refractivity (Wildman–Crippen MR) is 200 cm³/mol. The van der Waals surface area contributed by atoms with Crippen molar-refractivity contribution in [3.63, 3.8) is 0 Å². The Morgan fingerprint density at radius 1 is 0.679 bits per heavy atom. The first kappa shape index (κ1) is 39.1. The summed E-state index contributed by atoms with van der Waals surface area (Å²) in [5.74, 6) is 1.02. The summed E-state index contributed by atoms with van der Waals surface area (Å²) < 4.78 is 28.2. The van der Waals surface area contributed by atoms with Crippen LogP contribution in [0.5, 0.6) is 0 Å². The molecule has 2 fully saturated rings. The molecule has 14 heteroatoms. The van der Waals surface area contributed by atoms with Gasteiger partial charge in [0.05, 0.1) is 35.6 Å². The van der Waals surface area contributed by atoms with Gasteiger partial charge in [0.15, 0.2) is 11.6 Å². The van der Waals surface area contributed by atoms with Crippen molar-refractivity contribution in [3.05, 3.63) is 94.3 Å². The quantitative estimate of drug-likeness (QED) is 0.243. The number of carbonyl (C=O) groups excluding carboxylic acids is 2. The van der Waals surface area contributed by atoms with E-state index in [9.17, 15) is 18.4 Å². The molecule has 0 radical (unpaired) electrons. The van der Waals surface area contributed by atoms with Gasteiger partial charge in [0.25, 0.3) is 0 Å². The second kappa shape index (κ2) is 17.6. The number of hydrogen-bond donors (Lipinski definition) is 0. The van der Waals surface area contributed by atoms with Crippen molar-refractivity contribution in [2.24, 2.45) is 0 Å². The van der Waals surface area contributed by atoms with Crippen molar-refractivity contribution >= 4 is 23.5 Å². The Kier molecular flexibility index (Phi) is 13.0. The second-order valence-electron chi connectivity index (χ2n) is 14.4. The Morgan fingerprint density at radius 3 is 1.58 bits per heavy atom. The number of halogens is 2. The van der Waals surface area contributed by atoms with E-state index >= 15 is 0 Å². The molecule has 0 spiro atoms. The molecule has 2 saturated heterocycles. The zero-order chi connectivity index (χ0) is 38.2. The van der Waals surface area contributed by atoms with Crippen molar-refractivity contribution in [1.29, 1.82) is 0 Å². The molecule has 2 aliphatic heterocycles. The zero-order valence-electron chi connectivity index (χ0n) is 31.8. The third kappa shape index (κ3) is 10.3. The standard InChI is InChI=1S/C20H26FN5O.C19H24FN5O/c1-13(2)20-17(21)9-16(11-22-20)10-19(27)25-7-8-26(15(4)12-25)18-6-5-14(3)23-24-18;1-13(2)19-16(20)10-15(12-21-19)11-18(26)25-8-6-24(7-9-25)17-5-4-14(3)22-23-17/h5-6,9,11,13,15H,7-8,10,12H2,1-4H3;4-5,10,12-13H,6-9,11H2,1-3H3/t15-;/m0./s1. The molecule has 12 nitrogen and oxygen atoms in total. The third-order valence-electron chi connectivity index (χ3n) is 9.46. The van der Waals surface area contributed by atoms with Crippen LogP contribution in [0.3, 0.4) is 0 Å². The number of anilines is 2. The van der Waals surface area contributed by atoms with Gasteiger partial charge in [0, 0.05) is 64.2 Å². The molecule has 0 saturated carbocycles. The lowest BCUT2D eigenvalue weighted by molar-refractivity contribution is -0.131. The van der Waals surface area contributed by atoms with Crippen LogP contribution in [-0.4, -0.2) is 104 Å². The summed E-state index contributed by atoms with van der Waals surface area (Å²) in [6.45, 7) is 18.0. The number of nitrogens with zero attached hydrogens (tertiary/aromatic N) is 10. The normalized spacial score (nSPS) is 16.2. The SMILES string of the molecule is Cc1ccc(N2CCN(C(=O)Cc3cnc(C(C)C)c(F)c3)CC2)nn1.Cc1ccc(N2CCN(C(=O)Cc3cnc(C(C)C)c(F)c3)C[C@@H]2C)nn1. The molecule has 2 amide bonds. The first-order chi connectivity index (χ1) is 25.3. The summed E-state index contributed by atoms with van der Waals surface area (Å²) in [6.07, 6.45) is 3.55. The molecule has 0 aliphatic carbocycles. The van der Waals surface area contributed by atoms with E-state index in [4.69, 9.17) is 0 Å². The predicted octanol–water partition coefficient (Wildman–Crippen LogP) is 5.06. The van der Waals surface area contributed by atoms with Gasteiger partial charge >= 0.3 is 0 Å². The molecular weight excluding hydrogens is 678 g/mol. The highest BCUT2D eigenvalue weighted by atomic mass is 19.1. The maximum Gasteiger partial charge on any atom is 0.227 e. The van der Waals surface area contributed by atoms with Crippen LogP contribution in [0, 0.1) is 25.5 Å². The van der Waals surface area contributed by atoms with E-state index in [-0.39, 0.29) is 54.2 Å². The molecule has 1 atom stereocenters. The molecule has 282 valence electrons. The summed E-state index contributed by atoms with van der Waals surface area (Å²) in [6, 6.07) is 10.8. The highest BCUT2D eigenvalue weighted by Gasteiger charge is 2.28. The second-order valence-corrected chi connectivity index (χ2v) is 14.4. The molecule has 0 unspecified atom stereocenters. The van der Waals surface area contributed by atoms with Crippen molar-refractivity contribution in [2.75, 3.05) is 55.6 Å². The smallest absolute Gasteiger partial charge is 0.227 e. The highest BCUT2D eigenvalue weighted by Crippen LogP contribution is 2.21. The van der Waals surface area contributed by atoms with Crippen molar-refractivity contribution in [2.45, 2.75) is 79.2 Å². The van der Waals surface area contributed by atoms with Gasteiger partial charge in [-0.2, -0.15) is 10.2 Å². The molecule has 6 heterocycles. The maximum absolute atomic E-state index is 14.1. The number of carbonyl (C=O) groups is 2. The monoisotopic (exact) mass is 728 g/mol. The molecular formula is C39H50F2N10O2. The molecule has 4 aromatic heterocycles. The minimum absolute atomic E-state index is 0.00172. The van der Waals surface area contributed by atoms with Crippen molar-refractivity contribution in [3.8, 4) is 0 Å². The van der Waals surface area contributed by atoms with Gasteiger partial charge in [0.1, 0.15) is 11.6 Å². The molecule has 6 rings (SSSR count). The van der Waals surface area contributed by atoms with Gasteiger partial charge in [-0.3, -0.25) is 19.6 Å². The van der Waals surface area contributed by atoms with Crippen LogP contribution >= 0.6 is 0 Å². The largest absolute Gasteiger partial charge is 0.352 e. The Bertz CT molecular complexity index is 1850. The Hall–Kier alpha value is -5.14. The number of aryl methyl sites for hydroxylation is 2. The first-order valence-electron chi connectivity index (χ1n) is 18.3. The van der Waals surface area contributed by atoms with Gasteiger partial charge in [0.2, 0.25) is 11.8 Å². The van der Waals surface area contributed by atoms with E-state index in [2.05, 4.69) is 47.1 Å². The third-order valence-corrected chi connectivity index (χ3v) is 9.46. The summed E-state index contributed by atoms with van der Waals surface area (Å²) >= 11 is 0. The fourth-order valence-electron chi connectivity index (χ4n) is 6.41. The number of pyridine rings is 2. The van der Waals surface area contributed by atoms with E-state index in [1.807, 2.05) is 75.6 Å². The van der Waals surface area contributed by atoms with Crippen molar-refractivity contribution in [1.82, 2.24) is 40.2 Å². The fourth-order valence-corrected chi connectivity index (χ4v) is 6.41. The molecule has 0 aromatic carbocycles. The Labute approximate surface area is 310 Å². The van der Waals surface area contributed by atoms with Gasteiger partial charge in [-0.1, -0.05) is 27.7 Å². The topological polar surface area (TPSA) is 124 Å². The van der Waals surface area contributed by atoms with E-state index < -0.39 is 0 Å². The lowest BCUT2D eigenvalue weighted by Gasteiger charge is -2.40. The molecule has 4 aromatic rings. The minimum atomic E-state index is -0.341. The number of piperazine rings is 2. The Balaban J connectivity index is 0.000000204. The summed E-state index contributed by atoms with van der Waals surface area (Å²) in [5.41, 5.74) is 3.86. The van der Waals surface area contributed by atoms with Crippen LogP contribution in [0.15, 0.2) is 48.8 Å². The number of hydrogen-bond acceptors (Lipinski definition) is 10. The van der Waals surface area contributed by atoms with E-state index in [1.54, 1.807) is 12.4 Å². The van der Waals surface area contributed by atoms with Crippen LogP contribution in [0.25, 0.3) is 0 Å². The zero-order valence-corrected chi connectivity index (χ0v) is 31.8. The van der Waals surface area contributed by atoms with Crippen LogP contribution in [-0.2, 0) is 22.4 Å². The maximum atomic E-state index is 14.1. The lowest BCUT2D eigenvalue weighted by Crippen LogP contribution is -2.54. The average molecular weight is 729 g/mol. The molecule has 2 aliphatic rings. The van der Waals surface area contributed by atoms with E-state index in [0.29, 0.717) is 68.3 Å². The van der Waals surface area contributed by atoms with Gasteiger partial charge in [-0.05, 0) is 80.1 Å². The van der Waals surface area contributed by atoms with Gasteiger partial charge in [-0.15, -0.1) is 10.2 Å². The van der Waals surface area contributed by atoms with Crippen LogP contribution in [0.4, 0.5) is 20.4 Å². The number of amides is 2. The number of rotatable bonds is 8. The summed E-state index contributed by atoms with van der Waals surface area (Å²) in [7, 11) is 0. The highest BCUT2D eigenvalue weighted by molar-refractivity contribution is 5.79. The van der Waals surface area contributed by atoms with Gasteiger partial charge in [-0.25, -0.2) is 8.78 Å². The first-order valence-corrected chi connectivity index (χ1v) is 18.3. The fraction of sp³-hybridized carbons (Fsp3) is 0.487. The molecule has 0 bridgehead atoms.